The number of fused-ring (bicyclic) bond motifs is 1. The second kappa shape index (κ2) is 5.97. The van der Waals surface area contributed by atoms with Crippen LogP contribution in [0.2, 0.25) is 0 Å². The first-order valence-corrected chi connectivity index (χ1v) is 9.09. The standard InChI is InChI=1S/C16H25NO3S/c1-16(2,3)21(18,19)10-9-20-13-7-8-14-12(11-13)5-4-6-15(14)17/h7-8,11,15H,4-6,9-10,17H2,1-3H3. The molecule has 1 atom stereocenters. The fraction of sp³-hybridized carbons (Fsp3) is 0.625. The maximum atomic E-state index is 12.0. The highest BCUT2D eigenvalue weighted by atomic mass is 32.2. The monoisotopic (exact) mass is 311 g/mol. The SMILES string of the molecule is CC(C)(C)S(=O)(=O)CCOc1ccc2c(c1)CCCC2N. The molecule has 0 saturated carbocycles. The van der Waals surface area contributed by atoms with Crippen LogP contribution in [0.15, 0.2) is 18.2 Å². The molecule has 5 heteroatoms. The summed E-state index contributed by atoms with van der Waals surface area (Å²) in [4.78, 5) is 0. The van der Waals surface area contributed by atoms with Crippen molar-refractivity contribution in [3.05, 3.63) is 29.3 Å². The molecule has 0 saturated heterocycles. The first kappa shape index (κ1) is 16.3. The Morgan fingerprint density at radius 1 is 1.33 bits per heavy atom. The molecular formula is C16H25NO3S. The second-order valence-corrected chi connectivity index (χ2v) is 9.50. The predicted molar refractivity (Wildman–Crippen MR) is 85.3 cm³/mol. The predicted octanol–water partition coefficient (Wildman–Crippen LogP) is 2.61. The van der Waals surface area contributed by atoms with Crippen LogP contribution in [0.4, 0.5) is 0 Å². The number of sulfone groups is 1. The summed E-state index contributed by atoms with van der Waals surface area (Å²) in [6.07, 6.45) is 3.13. The third-order valence-electron chi connectivity index (χ3n) is 4.03. The van der Waals surface area contributed by atoms with Crippen molar-refractivity contribution in [1.82, 2.24) is 0 Å². The molecule has 4 nitrogen and oxygen atoms in total. The van der Waals surface area contributed by atoms with E-state index in [9.17, 15) is 8.42 Å². The smallest absolute Gasteiger partial charge is 0.158 e. The first-order chi connectivity index (χ1) is 9.71. The van der Waals surface area contributed by atoms with Gasteiger partial charge in [-0.15, -0.1) is 0 Å². The fourth-order valence-electron chi connectivity index (χ4n) is 2.49. The highest BCUT2D eigenvalue weighted by molar-refractivity contribution is 7.92. The average molecular weight is 311 g/mol. The van der Waals surface area contributed by atoms with Crippen molar-refractivity contribution < 1.29 is 13.2 Å². The van der Waals surface area contributed by atoms with Gasteiger partial charge in [0, 0.05) is 6.04 Å². The Hall–Kier alpha value is -1.07. The minimum Gasteiger partial charge on any atom is -0.493 e. The topological polar surface area (TPSA) is 69.4 Å². The van der Waals surface area contributed by atoms with Crippen molar-refractivity contribution >= 4 is 9.84 Å². The number of hydrogen-bond acceptors (Lipinski definition) is 4. The molecule has 0 bridgehead atoms. The van der Waals surface area contributed by atoms with Gasteiger partial charge >= 0.3 is 0 Å². The van der Waals surface area contributed by atoms with Gasteiger partial charge in [0.05, 0.1) is 10.5 Å². The van der Waals surface area contributed by atoms with Gasteiger partial charge in [-0.25, -0.2) is 8.42 Å². The van der Waals surface area contributed by atoms with Gasteiger partial charge in [-0.1, -0.05) is 6.07 Å². The number of rotatable bonds is 4. The van der Waals surface area contributed by atoms with E-state index in [4.69, 9.17) is 10.5 Å². The van der Waals surface area contributed by atoms with Crippen LogP contribution in [0.5, 0.6) is 5.75 Å². The van der Waals surface area contributed by atoms with E-state index in [2.05, 4.69) is 0 Å². The molecule has 0 fully saturated rings. The molecule has 0 radical (unpaired) electrons. The van der Waals surface area contributed by atoms with Crippen LogP contribution in [0.25, 0.3) is 0 Å². The molecule has 1 aliphatic rings. The minimum atomic E-state index is -3.14. The van der Waals surface area contributed by atoms with Crippen molar-refractivity contribution in [1.29, 1.82) is 0 Å². The van der Waals surface area contributed by atoms with Gasteiger partial charge in [0.15, 0.2) is 9.84 Å². The van der Waals surface area contributed by atoms with E-state index in [0.29, 0.717) is 0 Å². The molecule has 0 amide bonds. The molecule has 2 N–H and O–H groups in total. The lowest BCUT2D eigenvalue weighted by Crippen LogP contribution is -2.32. The molecule has 1 aliphatic carbocycles. The molecule has 1 aromatic rings. The molecule has 0 heterocycles. The van der Waals surface area contributed by atoms with Crippen LogP contribution >= 0.6 is 0 Å². The van der Waals surface area contributed by atoms with E-state index in [1.165, 1.54) is 11.1 Å². The Morgan fingerprint density at radius 3 is 2.71 bits per heavy atom. The highest BCUT2D eigenvalue weighted by Gasteiger charge is 2.28. The molecule has 0 aromatic heterocycles. The molecule has 0 aliphatic heterocycles. The molecule has 118 valence electrons. The minimum absolute atomic E-state index is 0.0348. The lowest BCUT2D eigenvalue weighted by Gasteiger charge is -2.23. The van der Waals surface area contributed by atoms with Gasteiger partial charge in [-0.3, -0.25) is 0 Å². The Balaban J connectivity index is 1.99. The van der Waals surface area contributed by atoms with Gasteiger partial charge < -0.3 is 10.5 Å². The summed E-state index contributed by atoms with van der Waals surface area (Å²) in [7, 11) is -3.14. The van der Waals surface area contributed by atoms with E-state index in [1.54, 1.807) is 20.8 Å². The summed E-state index contributed by atoms with van der Waals surface area (Å²) >= 11 is 0. The van der Waals surface area contributed by atoms with Crippen molar-refractivity contribution in [3.8, 4) is 5.75 Å². The highest BCUT2D eigenvalue weighted by Crippen LogP contribution is 2.30. The zero-order valence-electron chi connectivity index (χ0n) is 13.1. The second-order valence-electron chi connectivity index (χ2n) is 6.64. The Morgan fingerprint density at radius 2 is 2.05 bits per heavy atom. The summed E-state index contributed by atoms with van der Waals surface area (Å²) < 4.78 is 28.9. The van der Waals surface area contributed by atoms with Gasteiger partial charge in [0.2, 0.25) is 0 Å². The van der Waals surface area contributed by atoms with Crippen LogP contribution in [0, 0.1) is 0 Å². The van der Waals surface area contributed by atoms with Gasteiger partial charge in [0.1, 0.15) is 12.4 Å². The largest absolute Gasteiger partial charge is 0.493 e. The molecule has 2 rings (SSSR count). The third-order valence-corrected chi connectivity index (χ3v) is 6.60. The van der Waals surface area contributed by atoms with E-state index in [-0.39, 0.29) is 18.4 Å². The molecular weight excluding hydrogens is 286 g/mol. The normalized spacial score (nSPS) is 19.1. The van der Waals surface area contributed by atoms with Crippen molar-refractivity contribution in [2.24, 2.45) is 5.73 Å². The maximum absolute atomic E-state index is 12.0. The van der Waals surface area contributed by atoms with Crippen LogP contribution in [0.3, 0.4) is 0 Å². The van der Waals surface area contributed by atoms with Crippen LogP contribution in [-0.4, -0.2) is 25.5 Å². The summed E-state index contributed by atoms with van der Waals surface area (Å²) in [6.45, 7) is 5.32. The van der Waals surface area contributed by atoms with Gasteiger partial charge in [-0.2, -0.15) is 0 Å². The third kappa shape index (κ3) is 3.77. The number of nitrogens with two attached hydrogens (primary N) is 1. The van der Waals surface area contributed by atoms with Crippen LogP contribution < -0.4 is 10.5 Å². The number of hydrogen-bond donors (Lipinski definition) is 1. The Kier molecular flexibility index (Phi) is 4.63. The Bertz CT molecular complexity index is 602. The summed E-state index contributed by atoms with van der Waals surface area (Å²) in [5.74, 6) is 0.763. The number of ether oxygens (including phenoxy) is 1. The van der Waals surface area contributed by atoms with E-state index in [1.807, 2.05) is 18.2 Å². The van der Waals surface area contributed by atoms with Crippen molar-refractivity contribution in [2.75, 3.05) is 12.4 Å². The van der Waals surface area contributed by atoms with E-state index >= 15 is 0 Å². The summed E-state index contributed by atoms with van der Waals surface area (Å²) in [5.41, 5.74) is 8.50. The maximum Gasteiger partial charge on any atom is 0.158 e. The molecule has 1 aromatic carbocycles. The molecule has 21 heavy (non-hydrogen) atoms. The number of benzene rings is 1. The van der Waals surface area contributed by atoms with E-state index < -0.39 is 14.6 Å². The molecule has 1 unspecified atom stereocenters. The zero-order valence-corrected chi connectivity index (χ0v) is 13.9. The van der Waals surface area contributed by atoms with Gasteiger partial charge in [-0.05, 0) is 63.3 Å². The van der Waals surface area contributed by atoms with Crippen LogP contribution in [0.1, 0.15) is 50.8 Å². The van der Waals surface area contributed by atoms with Crippen LogP contribution in [-0.2, 0) is 16.3 Å². The fourth-order valence-corrected chi connectivity index (χ4v) is 3.41. The summed E-state index contributed by atoms with van der Waals surface area (Å²) in [5, 5.41) is 0. The molecule has 0 spiro atoms. The number of aryl methyl sites for hydroxylation is 1. The summed E-state index contributed by atoms with van der Waals surface area (Å²) in [6, 6.07) is 6.00. The Labute approximate surface area is 127 Å². The van der Waals surface area contributed by atoms with E-state index in [0.717, 1.165) is 25.0 Å². The average Bonchev–Trinajstić information content (AvgIpc) is 2.37. The van der Waals surface area contributed by atoms with Gasteiger partial charge in [0.25, 0.3) is 0 Å². The van der Waals surface area contributed by atoms with Crippen molar-refractivity contribution in [3.63, 3.8) is 0 Å². The lowest BCUT2D eigenvalue weighted by molar-refractivity contribution is 0.339. The lowest BCUT2D eigenvalue weighted by atomic mass is 9.88. The van der Waals surface area contributed by atoms with Crippen molar-refractivity contribution in [2.45, 2.75) is 50.8 Å². The first-order valence-electron chi connectivity index (χ1n) is 7.44. The quantitative estimate of drug-likeness (QED) is 0.928. The zero-order chi connectivity index (χ0) is 15.7.